The minimum absolute atomic E-state index is 0.0915. The Hall–Kier alpha value is -2.17. The molecule has 1 heterocycles. The van der Waals surface area contributed by atoms with E-state index in [-0.39, 0.29) is 5.69 Å². The van der Waals surface area contributed by atoms with Gasteiger partial charge in [0.1, 0.15) is 11.6 Å². The number of nitrogens with zero attached hydrogens (tertiary/aromatic N) is 2. The third-order valence-electron chi connectivity index (χ3n) is 2.80. The van der Waals surface area contributed by atoms with E-state index in [0.29, 0.717) is 25.3 Å². The summed E-state index contributed by atoms with van der Waals surface area (Å²) < 4.78 is 0. The molecule has 18 heavy (non-hydrogen) atoms. The Bertz CT molecular complexity index is 509. The van der Waals surface area contributed by atoms with Crippen LogP contribution in [-0.4, -0.2) is 35.4 Å². The van der Waals surface area contributed by atoms with Gasteiger partial charge in [0, 0.05) is 38.3 Å². The molecule has 0 spiro atoms. The number of hydrogen-bond donors (Lipinski definition) is 1. The van der Waals surface area contributed by atoms with Crippen LogP contribution in [0, 0.1) is 10.1 Å². The number of hydrogen-bond acceptors (Lipinski definition) is 5. The number of non-ortho nitro benzene ring substituents is 1. The zero-order valence-corrected chi connectivity index (χ0v) is 9.76. The van der Waals surface area contributed by atoms with E-state index in [9.17, 15) is 14.9 Å². The monoisotopic (exact) mass is 247 g/mol. The molecule has 6 nitrogen and oxygen atoms in total. The average molecular weight is 247 g/mol. The first-order chi connectivity index (χ1) is 8.69. The van der Waals surface area contributed by atoms with Crippen LogP contribution < -0.4 is 5.32 Å². The molecule has 0 bridgehead atoms. The Morgan fingerprint density at radius 3 is 3.06 bits per heavy atom. The highest BCUT2D eigenvalue weighted by molar-refractivity contribution is 5.52. The maximum atomic E-state index is 10.7. The van der Waals surface area contributed by atoms with E-state index in [1.807, 2.05) is 12.0 Å². The fourth-order valence-corrected chi connectivity index (χ4v) is 1.95. The zero-order valence-electron chi connectivity index (χ0n) is 9.76. The van der Waals surface area contributed by atoms with Crippen molar-refractivity contribution in [2.24, 2.45) is 0 Å². The van der Waals surface area contributed by atoms with Gasteiger partial charge in [-0.15, -0.1) is 0 Å². The van der Waals surface area contributed by atoms with Crippen LogP contribution in [0.1, 0.15) is 5.56 Å². The van der Waals surface area contributed by atoms with Gasteiger partial charge in [-0.25, -0.2) is 4.79 Å². The molecule has 1 aromatic rings. The molecule has 0 saturated carbocycles. The number of rotatable bonds is 3. The topological polar surface area (TPSA) is 75.5 Å². The van der Waals surface area contributed by atoms with E-state index in [4.69, 9.17) is 0 Å². The molecule has 6 heteroatoms. The number of piperazine rings is 1. The van der Waals surface area contributed by atoms with Gasteiger partial charge < -0.3 is 5.32 Å². The van der Waals surface area contributed by atoms with Crippen LogP contribution in [0.4, 0.5) is 5.69 Å². The van der Waals surface area contributed by atoms with Crippen LogP contribution in [0.5, 0.6) is 0 Å². The van der Waals surface area contributed by atoms with Gasteiger partial charge in [0.15, 0.2) is 0 Å². The average Bonchev–Trinajstić information content (AvgIpc) is 2.39. The predicted octanol–water partition coefficient (Wildman–Crippen LogP) is 0.716. The third kappa shape index (κ3) is 2.94. The Morgan fingerprint density at radius 1 is 1.50 bits per heavy atom. The van der Waals surface area contributed by atoms with Crippen molar-refractivity contribution in [3.05, 3.63) is 45.6 Å². The minimum atomic E-state index is -0.405. The number of benzene rings is 1. The molecule has 2 rings (SSSR count). The maximum Gasteiger partial charge on any atom is 0.269 e. The van der Waals surface area contributed by atoms with Crippen LogP contribution in [0.15, 0.2) is 30.0 Å². The fraction of sp³-hybridized carbons (Fsp3) is 0.333. The Labute approximate surface area is 104 Å². The molecule has 1 aliphatic rings. The van der Waals surface area contributed by atoms with Crippen LogP contribution in [0.3, 0.4) is 0 Å². The second-order valence-corrected chi connectivity index (χ2v) is 4.15. The van der Waals surface area contributed by atoms with E-state index >= 15 is 0 Å². The van der Waals surface area contributed by atoms with Crippen molar-refractivity contribution in [1.29, 1.82) is 0 Å². The molecule has 0 atom stereocenters. The number of nitrogens with one attached hydrogen (secondary N) is 1. The Balaban J connectivity index is 2.07. The van der Waals surface area contributed by atoms with Gasteiger partial charge >= 0.3 is 0 Å². The summed E-state index contributed by atoms with van der Waals surface area (Å²) in [6.45, 7) is 2.59. The summed E-state index contributed by atoms with van der Waals surface area (Å²) in [6.07, 6.45) is 0. The molecule has 0 unspecified atom stereocenters. The first-order valence-corrected chi connectivity index (χ1v) is 5.62. The smallest absolute Gasteiger partial charge is 0.269 e. The van der Waals surface area contributed by atoms with E-state index < -0.39 is 4.92 Å². The molecule has 1 aromatic carbocycles. The quantitative estimate of drug-likeness (QED) is 0.484. The third-order valence-corrected chi connectivity index (χ3v) is 2.80. The molecule has 0 radical (unpaired) electrons. The molecule has 1 aliphatic heterocycles. The van der Waals surface area contributed by atoms with Gasteiger partial charge in [-0.2, -0.15) is 0 Å². The molecule has 0 amide bonds. The lowest BCUT2D eigenvalue weighted by atomic mass is 10.1. The second-order valence-electron chi connectivity index (χ2n) is 4.15. The van der Waals surface area contributed by atoms with E-state index in [1.54, 1.807) is 12.1 Å². The Morgan fingerprint density at radius 2 is 2.33 bits per heavy atom. The fourth-order valence-electron chi connectivity index (χ4n) is 1.95. The summed E-state index contributed by atoms with van der Waals surface area (Å²) in [5.74, 6) is 1.85. The van der Waals surface area contributed by atoms with Crippen molar-refractivity contribution in [2.45, 2.75) is 6.54 Å². The van der Waals surface area contributed by atoms with E-state index in [1.165, 1.54) is 6.07 Å². The molecule has 0 aromatic heterocycles. The SMILES string of the molecule is O=C=C1CN(Cc2cccc([N+](=O)[O-])c2)CCN1. The Kier molecular flexibility index (Phi) is 3.72. The first kappa shape index (κ1) is 12.3. The van der Waals surface area contributed by atoms with Crippen molar-refractivity contribution in [3.8, 4) is 0 Å². The molecule has 1 saturated heterocycles. The highest BCUT2D eigenvalue weighted by Gasteiger charge is 2.15. The molecular formula is C12H13N3O3. The summed E-state index contributed by atoms with van der Waals surface area (Å²) in [6, 6.07) is 6.55. The van der Waals surface area contributed by atoms with Gasteiger partial charge in [-0.3, -0.25) is 15.0 Å². The lowest BCUT2D eigenvalue weighted by Crippen LogP contribution is -2.41. The van der Waals surface area contributed by atoms with Crippen LogP contribution in [-0.2, 0) is 11.3 Å². The van der Waals surface area contributed by atoms with Crippen molar-refractivity contribution in [1.82, 2.24) is 10.2 Å². The van der Waals surface area contributed by atoms with Gasteiger partial charge in [-0.1, -0.05) is 12.1 Å². The normalized spacial score (nSPS) is 15.9. The van der Waals surface area contributed by atoms with Crippen molar-refractivity contribution in [3.63, 3.8) is 0 Å². The molecule has 94 valence electrons. The first-order valence-electron chi connectivity index (χ1n) is 5.62. The van der Waals surface area contributed by atoms with Gasteiger partial charge in [0.2, 0.25) is 0 Å². The summed E-state index contributed by atoms with van der Waals surface area (Å²) >= 11 is 0. The highest BCUT2D eigenvalue weighted by Crippen LogP contribution is 2.15. The second kappa shape index (κ2) is 5.44. The van der Waals surface area contributed by atoms with E-state index in [0.717, 1.165) is 12.1 Å². The van der Waals surface area contributed by atoms with Crippen LogP contribution in [0.25, 0.3) is 0 Å². The summed E-state index contributed by atoms with van der Waals surface area (Å²) in [5.41, 5.74) is 1.50. The summed E-state index contributed by atoms with van der Waals surface area (Å²) in [4.78, 5) is 22.9. The van der Waals surface area contributed by atoms with E-state index in [2.05, 4.69) is 10.2 Å². The zero-order chi connectivity index (χ0) is 13.0. The summed E-state index contributed by atoms with van der Waals surface area (Å²) in [7, 11) is 0. The van der Waals surface area contributed by atoms with Crippen LogP contribution >= 0.6 is 0 Å². The van der Waals surface area contributed by atoms with Gasteiger partial charge in [0.05, 0.1) is 4.92 Å². The lowest BCUT2D eigenvalue weighted by molar-refractivity contribution is -0.384. The van der Waals surface area contributed by atoms with Gasteiger partial charge in [0.25, 0.3) is 5.69 Å². The number of nitro groups is 1. The van der Waals surface area contributed by atoms with Crippen molar-refractivity contribution in [2.75, 3.05) is 19.6 Å². The molecule has 1 N–H and O–H groups in total. The number of carbonyl (C=O) groups excluding carboxylic acids is 1. The maximum absolute atomic E-state index is 10.7. The van der Waals surface area contributed by atoms with Crippen molar-refractivity contribution < 1.29 is 9.72 Å². The van der Waals surface area contributed by atoms with Crippen molar-refractivity contribution >= 4 is 11.6 Å². The van der Waals surface area contributed by atoms with Crippen LogP contribution in [0.2, 0.25) is 0 Å². The summed E-state index contributed by atoms with van der Waals surface area (Å²) in [5, 5.41) is 13.6. The molecule has 1 fully saturated rings. The standard InChI is InChI=1S/C12H13N3O3/c16-9-11-8-14(5-4-13-11)7-10-2-1-3-12(6-10)15(17)18/h1-3,6,13H,4-5,7-8H2. The molecular weight excluding hydrogens is 234 g/mol. The molecule has 0 aliphatic carbocycles. The predicted molar refractivity (Wildman–Crippen MR) is 65.6 cm³/mol. The minimum Gasteiger partial charge on any atom is -0.377 e. The highest BCUT2D eigenvalue weighted by atomic mass is 16.6. The lowest BCUT2D eigenvalue weighted by Gasteiger charge is -2.27. The number of nitro benzene ring substituents is 1. The largest absolute Gasteiger partial charge is 0.377 e. The van der Waals surface area contributed by atoms with Gasteiger partial charge in [-0.05, 0) is 5.56 Å².